The maximum absolute atomic E-state index is 8.80. The van der Waals surface area contributed by atoms with Gasteiger partial charge in [-0.2, -0.15) is 0 Å². The Hall–Kier alpha value is 0.0900. The summed E-state index contributed by atoms with van der Waals surface area (Å²) in [5, 5.41) is 8.50. The monoisotopic (exact) mass is 117 g/mol. The van der Waals surface area contributed by atoms with E-state index >= 15 is 0 Å². The van der Waals surface area contributed by atoms with Crippen molar-refractivity contribution in [2.45, 2.75) is 0 Å². The fourth-order valence-corrected chi connectivity index (χ4v) is 0. The van der Waals surface area contributed by atoms with Crippen molar-refractivity contribution in [1.29, 1.82) is 0 Å². The van der Waals surface area contributed by atoms with Crippen LogP contribution in [0.2, 0.25) is 0 Å². The van der Waals surface area contributed by atoms with Crippen LogP contribution in [0, 0.1) is 10.8 Å². The summed E-state index contributed by atoms with van der Waals surface area (Å²) in [7, 11) is -2.60. The van der Waals surface area contributed by atoms with Crippen molar-refractivity contribution in [3.63, 3.8) is 0 Å². The quantitative estimate of drug-likeness (QED) is 0.287. The van der Waals surface area contributed by atoms with E-state index in [-0.39, 0.29) is 6.15 Å². The Balaban J connectivity index is 0. The highest BCUT2D eigenvalue weighted by atomic mass is 35.6. The number of rotatable bonds is 1. The van der Waals surface area contributed by atoms with Crippen LogP contribution in [0.5, 0.6) is 0 Å². The standard InChI is InChI=1S/ClHO4.H3N/c2-1(3)5-4;/h4H;1H3. The van der Waals surface area contributed by atoms with E-state index in [9.17, 15) is 0 Å². The smallest absolute Gasteiger partial charge is 0.276 e. The van der Waals surface area contributed by atoms with E-state index in [1.165, 1.54) is 0 Å². The van der Waals surface area contributed by atoms with Gasteiger partial charge in [-0.15, -0.1) is 0 Å². The van der Waals surface area contributed by atoms with E-state index in [0.717, 1.165) is 0 Å². The summed E-state index contributed by atoms with van der Waals surface area (Å²) < 4.78 is 20.0. The molecular weight excluding hydrogens is 113 g/mol. The number of hydrogen-bond donors (Lipinski definition) is 1. The van der Waals surface area contributed by atoms with Gasteiger partial charge in [0.25, 0.3) is 10.8 Å². The van der Waals surface area contributed by atoms with Crippen LogP contribution in [0.1, 0.15) is 0 Å². The third kappa shape index (κ3) is 8.94. The minimum atomic E-state index is -2.60. The molecule has 0 fully saturated rings. The Morgan fingerprint density at radius 2 is 1.50 bits per heavy atom. The molecule has 0 heterocycles. The molecule has 0 aliphatic heterocycles. The summed E-state index contributed by atoms with van der Waals surface area (Å²) >= 11 is 0. The van der Waals surface area contributed by atoms with Crippen molar-refractivity contribution < 1.29 is 29.8 Å². The summed E-state index contributed by atoms with van der Waals surface area (Å²) in [4.78, 5) is 0. The average Bonchev–Trinajstić information content (AvgIpc) is 1.38. The van der Waals surface area contributed by atoms with Gasteiger partial charge in [0.1, 0.15) is 0 Å². The van der Waals surface area contributed by atoms with Crippen molar-refractivity contribution in [2.24, 2.45) is 0 Å². The van der Waals surface area contributed by atoms with Gasteiger partial charge in [-0.25, -0.2) is 0 Å². The zero-order valence-electron chi connectivity index (χ0n) is 3.01. The average molecular weight is 117 g/mol. The van der Waals surface area contributed by atoms with Gasteiger partial charge >= 0.3 is 0 Å². The van der Waals surface area contributed by atoms with Crippen molar-refractivity contribution >= 4 is 0 Å². The van der Waals surface area contributed by atoms with Crippen LogP contribution in [0.15, 0.2) is 0 Å². The molecule has 0 radical (unpaired) electrons. The fraction of sp³-hybridized carbons (Fsp3) is 0. The third-order valence-electron chi connectivity index (χ3n) is 0.0514. The first kappa shape index (κ1) is 9.43. The Kier molecular flexibility index (Phi) is 8.00. The van der Waals surface area contributed by atoms with Crippen molar-refractivity contribution in [2.75, 3.05) is 0 Å². The second-order valence-corrected chi connectivity index (χ2v) is 0.756. The molecule has 5 nitrogen and oxygen atoms in total. The Bertz CT molecular complexity index is 21.5. The zero-order valence-corrected chi connectivity index (χ0v) is 3.77. The lowest BCUT2D eigenvalue weighted by Gasteiger charge is -1.90. The largest absolute Gasteiger partial charge is 0.620 e. The molecule has 0 bridgehead atoms. The SMILES string of the molecule is [NH4+].[O-]O[Cl+2]([O-])[O-]. The Labute approximate surface area is 37.1 Å². The predicted octanol–water partition coefficient (Wildman–Crippen LogP) is -3.26. The predicted molar refractivity (Wildman–Crippen MR) is 7.07 cm³/mol. The molecule has 0 aliphatic carbocycles. The first-order chi connectivity index (χ1) is 2.27. The van der Waals surface area contributed by atoms with Crippen LogP contribution in [0.3, 0.4) is 0 Å². The topological polar surface area (TPSA) is 115 Å². The maximum Gasteiger partial charge on any atom is 0.276 e. The minimum Gasteiger partial charge on any atom is -0.620 e. The highest BCUT2D eigenvalue weighted by Crippen LogP contribution is 1.54. The molecule has 0 aromatic heterocycles. The highest BCUT2D eigenvalue weighted by Gasteiger charge is 1.87. The van der Waals surface area contributed by atoms with Crippen LogP contribution in [-0.2, 0) is 4.44 Å². The summed E-state index contributed by atoms with van der Waals surface area (Å²) in [6, 6.07) is 0. The highest BCUT2D eigenvalue weighted by molar-refractivity contribution is 2.26. The number of hydrogen-bond acceptors (Lipinski definition) is 4. The molecule has 0 rings (SSSR count). The first-order valence-corrected chi connectivity index (χ1v) is 1.56. The zero-order chi connectivity index (χ0) is 4.28. The van der Waals surface area contributed by atoms with Crippen LogP contribution >= 0.6 is 0 Å². The molecule has 40 valence electrons. The van der Waals surface area contributed by atoms with Gasteiger partial charge in [-0.1, -0.05) is 0 Å². The van der Waals surface area contributed by atoms with Crippen LogP contribution in [0.4, 0.5) is 0 Å². The normalized spacial score (nSPS) is 8.00. The van der Waals surface area contributed by atoms with Gasteiger partial charge in [0.2, 0.25) is 0 Å². The Morgan fingerprint density at radius 1 is 1.33 bits per heavy atom. The lowest BCUT2D eigenvalue weighted by molar-refractivity contribution is -1.66. The molecule has 0 aromatic carbocycles. The van der Waals surface area contributed by atoms with Gasteiger partial charge in [0, 0.05) is 0 Å². The van der Waals surface area contributed by atoms with Crippen LogP contribution < -0.4 is 20.7 Å². The third-order valence-corrected chi connectivity index (χ3v) is 0.154. The van der Waals surface area contributed by atoms with E-state index in [0.29, 0.717) is 0 Å². The van der Waals surface area contributed by atoms with Gasteiger partial charge in [0.05, 0.1) is 0 Å². The fourth-order valence-electron chi connectivity index (χ4n) is 0. The van der Waals surface area contributed by atoms with E-state index in [1.54, 1.807) is 0 Å². The van der Waals surface area contributed by atoms with Crippen molar-refractivity contribution in [1.82, 2.24) is 6.15 Å². The molecule has 0 unspecified atom stereocenters. The van der Waals surface area contributed by atoms with Crippen molar-refractivity contribution in [3.8, 4) is 0 Å². The molecule has 0 saturated heterocycles. The van der Waals surface area contributed by atoms with Gasteiger partial charge in [0.15, 0.2) is 0 Å². The first-order valence-electron chi connectivity index (χ1n) is 0.630. The second-order valence-electron chi connectivity index (χ2n) is 0.252. The molecule has 0 atom stereocenters. The van der Waals surface area contributed by atoms with Crippen molar-refractivity contribution in [3.05, 3.63) is 0 Å². The lowest BCUT2D eigenvalue weighted by Crippen LogP contribution is -2.37. The van der Waals surface area contributed by atoms with Gasteiger partial charge in [-0.3, -0.25) is 0 Å². The summed E-state index contributed by atoms with van der Waals surface area (Å²) in [6.45, 7) is 0. The molecule has 0 saturated carbocycles. The van der Waals surface area contributed by atoms with E-state index in [2.05, 4.69) is 4.44 Å². The van der Waals surface area contributed by atoms with E-state index in [4.69, 9.17) is 14.6 Å². The van der Waals surface area contributed by atoms with Gasteiger partial charge in [-0.05, 0) is 4.44 Å². The summed E-state index contributed by atoms with van der Waals surface area (Å²) in [5.74, 6) is 0. The van der Waals surface area contributed by atoms with Gasteiger partial charge < -0.3 is 20.7 Å². The summed E-state index contributed by atoms with van der Waals surface area (Å²) in [6.07, 6.45) is 0. The molecule has 6 heavy (non-hydrogen) atoms. The molecular formula is H4ClNO4. The number of quaternary nitrogens is 1. The molecule has 0 spiro atoms. The van der Waals surface area contributed by atoms with E-state index in [1.807, 2.05) is 0 Å². The molecule has 4 N–H and O–H groups in total. The van der Waals surface area contributed by atoms with Crippen LogP contribution in [0.25, 0.3) is 0 Å². The molecule has 6 heteroatoms. The lowest BCUT2D eigenvalue weighted by atomic mass is 14.0. The second kappa shape index (κ2) is 5.09. The summed E-state index contributed by atoms with van der Waals surface area (Å²) in [5.41, 5.74) is 0. The molecule has 0 aromatic rings. The molecule has 0 amide bonds. The van der Waals surface area contributed by atoms with Crippen LogP contribution in [-0.4, -0.2) is 0 Å². The Morgan fingerprint density at radius 3 is 1.50 bits per heavy atom. The minimum absolute atomic E-state index is 0. The molecule has 0 aliphatic rings. The maximum atomic E-state index is 8.80. The number of halogens is 1. The van der Waals surface area contributed by atoms with E-state index < -0.39 is 10.8 Å².